The number of hydrogen-bond acceptors (Lipinski definition) is 3. The summed E-state index contributed by atoms with van der Waals surface area (Å²) in [4.78, 5) is 26.4. The lowest BCUT2D eigenvalue weighted by atomic mass is 9.93. The van der Waals surface area contributed by atoms with E-state index in [9.17, 15) is 9.59 Å². The maximum absolute atomic E-state index is 12.5. The molecule has 0 fully saturated rings. The van der Waals surface area contributed by atoms with E-state index in [0.29, 0.717) is 17.8 Å². The molecule has 3 rings (SSSR count). The Kier molecular flexibility index (Phi) is 3.28. The molecule has 1 aliphatic heterocycles. The molecular weight excluding hydrogens is 272 g/mol. The number of nitrogens with two attached hydrogens (primary N) is 1. The van der Waals surface area contributed by atoms with Crippen LogP contribution in [-0.2, 0) is 17.8 Å². The van der Waals surface area contributed by atoms with Crippen molar-refractivity contribution < 1.29 is 9.59 Å². The minimum atomic E-state index is -0.570. The molecule has 5 heteroatoms. The van der Waals surface area contributed by atoms with Crippen molar-refractivity contribution in [1.82, 2.24) is 4.90 Å². The fourth-order valence-corrected chi connectivity index (χ4v) is 3.21. The van der Waals surface area contributed by atoms with Crippen molar-refractivity contribution in [3.63, 3.8) is 0 Å². The summed E-state index contributed by atoms with van der Waals surface area (Å²) in [7, 11) is 0. The van der Waals surface area contributed by atoms with E-state index in [0.717, 1.165) is 11.1 Å². The molecule has 1 aromatic carbocycles. The molecule has 1 aromatic heterocycles. The number of thiophene rings is 1. The van der Waals surface area contributed by atoms with Crippen LogP contribution in [0.15, 0.2) is 41.8 Å². The van der Waals surface area contributed by atoms with Gasteiger partial charge in [-0.2, -0.15) is 0 Å². The van der Waals surface area contributed by atoms with Gasteiger partial charge < -0.3 is 10.6 Å². The Morgan fingerprint density at radius 1 is 1.15 bits per heavy atom. The smallest absolute Gasteiger partial charge is 0.264 e. The summed E-state index contributed by atoms with van der Waals surface area (Å²) in [6, 6.07) is 10.9. The Hall–Kier alpha value is -2.14. The minimum absolute atomic E-state index is 0.127. The second-order valence-corrected chi connectivity index (χ2v) is 5.75. The number of nitrogens with zero attached hydrogens (tertiary/aromatic N) is 1. The van der Waals surface area contributed by atoms with E-state index in [1.807, 2.05) is 35.7 Å². The van der Waals surface area contributed by atoms with Crippen LogP contribution in [-0.4, -0.2) is 22.8 Å². The van der Waals surface area contributed by atoms with Crippen LogP contribution in [0.1, 0.15) is 20.8 Å². The Balaban J connectivity index is 1.96. The third-order valence-electron chi connectivity index (χ3n) is 3.57. The minimum Gasteiger partial charge on any atom is -0.368 e. The molecule has 2 aromatic rings. The third-order valence-corrected chi connectivity index (χ3v) is 4.43. The summed E-state index contributed by atoms with van der Waals surface area (Å²) in [5.74, 6) is -0.581. The Bertz CT molecular complexity index is 652. The van der Waals surface area contributed by atoms with Crippen molar-refractivity contribution in [3.05, 3.63) is 57.8 Å². The highest BCUT2D eigenvalue weighted by molar-refractivity contribution is 7.12. The van der Waals surface area contributed by atoms with Gasteiger partial charge in [0.1, 0.15) is 6.04 Å². The Morgan fingerprint density at radius 2 is 1.90 bits per heavy atom. The summed E-state index contributed by atoms with van der Waals surface area (Å²) in [6.07, 6.45) is 0.489. The van der Waals surface area contributed by atoms with Crippen LogP contribution in [0, 0.1) is 0 Å². The van der Waals surface area contributed by atoms with E-state index in [-0.39, 0.29) is 5.91 Å². The average molecular weight is 286 g/mol. The molecule has 1 aliphatic rings. The summed E-state index contributed by atoms with van der Waals surface area (Å²) in [5, 5.41) is 1.85. The van der Waals surface area contributed by atoms with Gasteiger partial charge in [0.25, 0.3) is 5.91 Å². The normalized spacial score (nSPS) is 17.6. The molecule has 0 radical (unpaired) electrons. The molecule has 0 saturated carbocycles. The van der Waals surface area contributed by atoms with E-state index < -0.39 is 11.9 Å². The van der Waals surface area contributed by atoms with Gasteiger partial charge in [-0.3, -0.25) is 9.59 Å². The second-order valence-electron chi connectivity index (χ2n) is 4.80. The number of rotatable bonds is 2. The van der Waals surface area contributed by atoms with Crippen LogP contribution >= 0.6 is 11.3 Å². The van der Waals surface area contributed by atoms with Gasteiger partial charge in [-0.05, 0) is 22.6 Å². The van der Waals surface area contributed by atoms with Gasteiger partial charge in [0.05, 0.1) is 4.88 Å². The van der Waals surface area contributed by atoms with E-state index in [1.165, 1.54) is 11.3 Å². The van der Waals surface area contributed by atoms with Crippen molar-refractivity contribution >= 4 is 23.2 Å². The highest BCUT2D eigenvalue weighted by Gasteiger charge is 2.33. The van der Waals surface area contributed by atoms with E-state index in [1.54, 1.807) is 11.0 Å². The summed E-state index contributed by atoms with van der Waals surface area (Å²) in [5.41, 5.74) is 7.64. The van der Waals surface area contributed by atoms with Gasteiger partial charge in [0, 0.05) is 13.0 Å². The quantitative estimate of drug-likeness (QED) is 0.915. The second kappa shape index (κ2) is 5.09. The van der Waals surface area contributed by atoms with E-state index in [2.05, 4.69) is 0 Å². The Morgan fingerprint density at radius 3 is 2.55 bits per heavy atom. The first-order valence-electron chi connectivity index (χ1n) is 6.37. The lowest BCUT2D eigenvalue weighted by molar-refractivity contribution is -0.122. The highest BCUT2D eigenvalue weighted by atomic mass is 32.1. The van der Waals surface area contributed by atoms with Gasteiger partial charge in [-0.15, -0.1) is 11.3 Å². The largest absolute Gasteiger partial charge is 0.368 e. The van der Waals surface area contributed by atoms with Gasteiger partial charge in [-0.1, -0.05) is 30.3 Å². The van der Waals surface area contributed by atoms with Crippen LogP contribution in [0.2, 0.25) is 0 Å². The first kappa shape index (κ1) is 12.9. The van der Waals surface area contributed by atoms with Crippen molar-refractivity contribution in [2.45, 2.75) is 19.0 Å². The zero-order valence-corrected chi connectivity index (χ0v) is 11.6. The number of carbonyl (C=O) groups is 2. The summed E-state index contributed by atoms with van der Waals surface area (Å²) in [6.45, 7) is 0.431. The number of primary amides is 1. The van der Waals surface area contributed by atoms with Crippen LogP contribution in [0.5, 0.6) is 0 Å². The molecular formula is C15H14N2O2S. The molecule has 0 saturated heterocycles. The number of amides is 2. The zero-order chi connectivity index (χ0) is 14.1. The molecule has 4 nitrogen and oxygen atoms in total. The molecule has 2 N–H and O–H groups in total. The zero-order valence-electron chi connectivity index (χ0n) is 10.8. The third kappa shape index (κ3) is 2.20. The van der Waals surface area contributed by atoms with Crippen LogP contribution in [0.25, 0.3) is 0 Å². The number of carbonyl (C=O) groups excluding carboxylic acids is 2. The first-order valence-corrected chi connectivity index (χ1v) is 7.25. The molecule has 20 heavy (non-hydrogen) atoms. The molecule has 0 unspecified atom stereocenters. The Labute approximate surface area is 120 Å². The van der Waals surface area contributed by atoms with Crippen LogP contribution in [0.3, 0.4) is 0 Å². The predicted octanol–water partition coefficient (Wildman–Crippen LogP) is 1.80. The monoisotopic (exact) mass is 286 g/mol. The van der Waals surface area contributed by atoms with Crippen LogP contribution < -0.4 is 5.73 Å². The lowest BCUT2D eigenvalue weighted by Gasteiger charge is -2.34. The van der Waals surface area contributed by atoms with Gasteiger partial charge >= 0.3 is 0 Å². The molecule has 102 valence electrons. The molecule has 1 atom stereocenters. The lowest BCUT2D eigenvalue weighted by Crippen LogP contribution is -2.51. The predicted molar refractivity (Wildman–Crippen MR) is 77.3 cm³/mol. The molecule has 0 spiro atoms. The van der Waals surface area contributed by atoms with Gasteiger partial charge in [0.15, 0.2) is 0 Å². The standard InChI is InChI=1S/C15H14N2O2S/c16-14(18)12-8-10-4-1-2-5-11(10)9-17(12)15(19)13-6-3-7-20-13/h1-7,12H,8-9H2,(H2,16,18)/t12-/m0/s1. The fourth-order valence-electron chi connectivity index (χ4n) is 2.53. The van der Waals surface area contributed by atoms with Crippen molar-refractivity contribution in [2.24, 2.45) is 5.73 Å². The molecule has 0 aliphatic carbocycles. The maximum atomic E-state index is 12.5. The number of hydrogen-bond donors (Lipinski definition) is 1. The average Bonchev–Trinajstić information content (AvgIpc) is 2.99. The van der Waals surface area contributed by atoms with Crippen molar-refractivity contribution in [2.75, 3.05) is 0 Å². The summed E-state index contributed by atoms with van der Waals surface area (Å²) >= 11 is 1.38. The number of benzene rings is 1. The molecule has 2 amide bonds. The first-order chi connectivity index (χ1) is 9.66. The topological polar surface area (TPSA) is 63.4 Å². The summed E-state index contributed by atoms with van der Waals surface area (Å²) < 4.78 is 0. The van der Waals surface area contributed by atoms with Gasteiger partial charge in [0.2, 0.25) is 5.91 Å². The van der Waals surface area contributed by atoms with Gasteiger partial charge in [-0.25, -0.2) is 0 Å². The highest BCUT2D eigenvalue weighted by Crippen LogP contribution is 2.25. The van der Waals surface area contributed by atoms with E-state index in [4.69, 9.17) is 5.73 Å². The number of fused-ring (bicyclic) bond motifs is 1. The van der Waals surface area contributed by atoms with E-state index >= 15 is 0 Å². The van der Waals surface area contributed by atoms with Crippen molar-refractivity contribution in [1.29, 1.82) is 0 Å². The fraction of sp³-hybridized carbons (Fsp3) is 0.200. The van der Waals surface area contributed by atoms with Crippen molar-refractivity contribution in [3.8, 4) is 0 Å². The SMILES string of the molecule is NC(=O)[C@@H]1Cc2ccccc2CN1C(=O)c1cccs1. The molecule has 0 bridgehead atoms. The van der Waals surface area contributed by atoms with Crippen LogP contribution in [0.4, 0.5) is 0 Å². The molecule has 2 heterocycles. The maximum Gasteiger partial charge on any atom is 0.264 e.